The summed E-state index contributed by atoms with van der Waals surface area (Å²) in [4.78, 5) is 0. The molecule has 0 amide bonds. The predicted molar refractivity (Wildman–Crippen MR) is 136 cm³/mol. The van der Waals surface area contributed by atoms with Gasteiger partial charge in [-0.05, 0) is 87.9 Å². The Balaban J connectivity index is 1.79. The molecule has 0 fully saturated rings. The van der Waals surface area contributed by atoms with Crippen molar-refractivity contribution >= 4 is 75.4 Å². The molecule has 31 heavy (non-hydrogen) atoms. The summed E-state index contributed by atoms with van der Waals surface area (Å²) in [5.74, 6) is 0. The minimum atomic E-state index is 1.32. The first-order chi connectivity index (χ1) is 15.3. The van der Waals surface area contributed by atoms with Crippen LogP contribution in [0.3, 0.4) is 0 Å². The number of aryl methyl sites for hydroxylation is 1. The van der Waals surface area contributed by atoms with E-state index < -0.39 is 0 Å². The number of fused-ring (bicyclic) bond motifs is 4. The average molecular weight is 390 g/mol. The summed E-state index contributed by atoms with van der Waals surface area (Å²) in [7, 11) is 0. The molecule has 0 bridgehead atoms. The van der Waals surface area contributed by atoms with Crippen LogP contribution in [-0.2, 0) is 0 Å². The highest BCUT2D eigenvalue weighted by Gasteiger charge is 2.18. The van der Waals surface area contributed by atoms with E-state index >= 15 is 0 Å². The monoisotopic (exact) mass is 390 g/mol. The lowest BCUT2D eigenvalue weighted by Gasteiger charge is -2.19. The molecule has 0 aliphatic carbocycles. The Kier molecular flexibility index (Phi) is 2.68. The van der Waals surface area contributed by atoms with Gasteiger partial charge >= 0.3 is 0 Å². The van der Waals surface area contributed by atoms with Crippen LogP contribution in [-0.4, -0.2) is 0 Å². The highest BCUT2D eigenvalue weighted by atomic mass is 14.2. The molecule has 0 aliphatic rings. The minimum absolute atomic E-state index is 1.32. The molecule has 0 saturated heterocycles. The van der Waals surface area contributed by atoms with Crippen LogP contribution in [0.1, 0.15) is 5.56 Å². The van der Waals surface area contributed by atoms with Crippen molar-refractivity contribution in [1.82, 2.24) is 0 Å². The molecule has 0 aliphatic heterocycles. The van der Waals surface area contributed by atoms with Crippen LogP contribution in [0.15, 0.2) is 91.0 Å². The van der Waals surface area contributed by atoms with Crippen molar-refractivity contribution in [1.29, 1.82) is 0 Å². The standard InChI is InChI=1S/C31H18/c1-17-11-12-23-27-16-14-25-21-9-3-6-18-5-2-8-20(28(18)21)24-13-15-26(31(27)30(24)25)22-10-4-7-19(17)29(22)23/h2-16H,1H3. The highest BCUT2D eigenvalue weighted by Crippen LogP contribution is 2.47. The van der Waals surface area contributed by atoms with Gasteiger partial charge in [0.15, 0.2) is 0 Å². The summed E-state index contributed by atoms with van der Waals surface area (Å²) in [5, 5.41) is 19.2. The van der Waals surface area contributed by atoms with E-state index in [1.807, 2.05) is 0 Å². The topological polar surface area (TPSA) is 0 Å². The molecule has 0 atom stereocenters. The van der Waals surface area contributed by atoms with Gasteiger partial charge in [-0.25, -0.2) is 0 Å². The molecule has 0 heterocycles. The Labute approximate surface area is 179 Å². The molecule has 0 spiro atoms. The lowest BCUT2D eigenvalue weighted by molar-refractivity contribution is 1.55. The lowest BCUT2D eigenvalue weighted by atomic mass is 9.83. The summed E-state index contributed by atoms with van der Waals surface area (Å²) < 4.78 is 0. The summed E-state index contributed by atoms with van der Waals surface area (Å²) in [6, 6.07) is 34.2. The zero-order valence-electron chi connectivity index (χ0n) is 17.2. The normalized spacial score (nSPS) is 12.7. The Morgan fingerprint density at radius 1 is 0.323 bits per heavy atom. The zero-order valence-corrected chi connectivity index (χ0v) is 17.2. The van der Waals surface area contributed by atoms with E-state index in [-0.39, 0.29) is 0 Å². The Morgan fingerprint density at radius 2 is 0.710 bits per heavy atom. The van der Waals surface area contributed by atoms with Crippen LogP contribution in [0.2, 0.25) is 0 Å². The van der Waals surface area contributed by atoms with Crippen LogP contribution < -0.4 is 0 Å². The summed E-state index contributed by atoms with van der Waals surface area (Å²) in [5.41, 5.74) is 1.34. The molecule has 0 unspecified atom stereocenters. The fourth-order valence-corrected chi connectivity index (χ4v) is 6.18. The van der Waals surface area contributed by atoms with E-state index in [9.17, 15) is 0 Å². The summed E-state index contributed by atoms with van der Waals surface area (Å²) in [6.45, 7) is 2.22. The second kappa shape index (κ2) is 5.22. The largest absolute Gasteiger partial charge is 0.0610 e. The molecule has 8 aromatic carbocycles. The van der Waals surface area contributed by atoms with Gasteiger partial charge in [-0.3, -0.25) is 0 Å². The maximum atomic E-state index is 2.36. The Hall–Kier alpha value is -3.90. The van der Waals surface area contributed by atoms with Crippen molar-refractivity contribution in [2.24, 2.45) is 0 Å². The summed E-state index contributed by atoms with van der Waals surface area (Å²) in [6.07, 6.45) is 0. The van der Waals surface area contributed by atoms with Gasteiger partial charge in [0, 0.05) is 0 Å². The molecular formula is C31H18. The van der Waals surface area contributed by atoms with E-state index in [2.05, 4.69) is 97.9 Å². The molecule has 142 valence electrons. The van der Waals surface area contributed by atoms with Crippen LogP contribution in [0.4, 0.5) is 0 Å². The molecule has 8 rings (SSSR count). The van der Waals surface area contributed by atoms with Crippen LogP contribution in [0.25, 0.3) is 75.4 Å². The van der Waals surface area contributed by atoms with E-state index in [4.69, 9.17) is 0 Å². The van der Waals surface area contributed by atoms with Gasteiger partial charge in [0.05, 0.1) is 0 Å². The van der Waals surface area contributed by atoms with Crippen molar-refractivity contribution < 1.29 is 0 Å². The Morgan fingerprint density at radius 3 is 1.29 bits per heavy atom. The first kappa shape index (κ1) is 15.9. The Bertz CT molecular complexity index is 1890. The number of benzene rings is 8. The van der Waals surface area contributed by atoms with Crippen LogP contribution >= 0.6 is 0 Å². The third kappa shape index (κ3) is 1.75. The van der Waals surface area contributed by atoms with Crippen LogP contribution in [0.5, 0.6) is 0 Å². The van der Waals surface area contributed by atoms with Crippen molar-refractivity contribution in [3.05, 3.63) is 96.6 Å². The minimum Gasteiger partial charge on any atom is -0.0610 e. The van der Waals surface area contributed by atoms with E-state index in [0.717, 1.165) is 0 Å². The molecule has 0 aromatic heterocycles. The van der Waals surface area contributed by atoms with Crippen molar-refractivity contribution in [2.45, 2.75) is 6.92 Å². The number of hydrogen-bond acceptors (Lipinski definition) is 0. The van der Waals surface area contributed by atoms with Gasteiger partial charge in [0.2, 0.25) is 0 Å². The van der Waals surface area contributed by atoms with Crippen LogP contribution in [0, 0.1) is 6.92 Å². The zero-order chi connectivity index (χ0) is 20.3. The molecule has 0 radical (unpaired) electrons. The van der Waals surface area contributed by atoms with Crippen molar-refractivity contribution in [2.75, 3.05) is 0 Å². The quantitative estimate of drug-likeness (QED) is 0.179. The van der Waals surface area contributed by atoms with Gasteiger partial charge in [-0.2, -0.15) is 0 Å². The highest BCUT2D eigenvalue weighted by molar-refractivity contribution is 6.42. The first-order valence-corrected chi connectivity index (χ1v) is 11.0. The third-order valence-electron chi connectivity index (χ3n) is 7.48. The first-order valence-electron chi connectivity index (χ1n) is 11.0. The summed E-state index contributed by atoms with van der Waals surface area (Å²) >= 11 is 0. The van der Waals surface area contributed by atoms with E-state index in [1.54, 1.807) is 0 Å². The number of hydrogen-bond donors (Lipinski definition) is 0. The maximum absolute atomic E-state index is 2.36. The fraction of sp³-hybridized carbons (Fsp3) is 0.0323. The van der Waals surface area contributed by atoms with Gasteiger partial charge < -0.3 is 0 Å². The van der Waals surface area contributed by atoms with E-state index in [1.165, 1.54) is 81.0 Å². The predicted octanol–water partition coefficient (Wildman–Crippen LogP) is 8.94. The number of rotatable bonds is 0. The smallest absolute Gasteiger partial charge is 0.00139 e. The van der Waals surface area contributed by atoms with Gasteiger partial charge in [-0.1, -0.05) is 91.0 Å². The molecule has 0 nitrogen and oxygen atoms in total. The molecular weight excluding hydrogens is 372 g/mol. The second-order valence-corrected chi connectivity index (χ2v) is 8.94. The SMILES string of the molecule is Cc1ccc2c3ccc4c5cccc6cccc(c7ccc(c8cccc1c82)c3c74)c65. The second-order valence-electron chi connectivity index (χ2n) is 8.94. The molecule has 8 aromatic rings. The lowest BCUT2D eigenvalue weighted by Crippen LogP contribution is -1.91. The third-order valence-corrected chi connectivity index (χ3v) is 7.48. The maximum Gasteiger partial charge on any atom is -0.00139 e. The molecule has 0 heteroatoms. The van der Waals surface area contributed by atoms with Gasteiger partial charge in [0.25, 0.3) is 0 Å². The fourth-order valence-electron chi connectivity index (χ4n) is 6.18. The average Bonchev–Trinajstić information content (AvgIpc) is 2.82. The molecule has 0 saturated carbocycles. The van der Waals surface area contributed by atoms with E-state index in [0.29, 0.717) is 0 Å². The van der Waals surface area contributed by atoms with Crippen molar-refractivity contribution in [3.8, 4) is 0 Å². The van der Waals surface area contributed by atoms with Crippen molar-refractivity contribution in [3.63, 3.8) is 0 Å². The van der Waals surface area contributed by atoms with Gasteiger partial charge in [0.1, 0.15) is 0 Å². The van der Waals surface area contributed by atoms with Gasteiger partial charge in [-0.15, -0.1) is 0 Å². The molecule has 0 N–H and O–H groups in total.